The molecular weight excluding hydrogens is 572 g/mol. The van der Waals surface area contributed by atoms with E-state index in [2.05, 4.69) is 15.8 Å². The van der Waals surface area contributed by atoms with Gasteiger partial charge in [0.05, 0.1) is 29.1 Å². The molecule has 35 heavy (non-hydrogen) atoms. The summed E-state index contributed by atoms with van der Waals surface area (Å²) in [5.74, 6) is -1.97. The summed E-state index contributed by atoms with van der Waals surface area (Å²) in [4.78, 5) is 36.6. The summed E-state index contributed by atoms with van der Waals surface area (Å²) in [7, 11) is 1.46. The molecule has 0 aliphatic carbocycles. The van der Waals surface area contributed by atoms with E-state index in [-0.39, 0.29) is 24.7 Å². The second kappa shape index (κ2) is 13.6. The number of benzene rings is 2. The lowest BCUT2D eigenvalue weighted by molar-refractivity contribution is -0.145. The largest absolute Gasteiger partial charge is 0.493 e. The smallest absolute Gasteiger partial charge is 0.344 e. The van der Waals surface area contributed by atoms with Gasteiger partial charge < -0.3 is 19.5 Å². The molecule has 0 spiro atoms. The van der Waals surface area contributed by atoms with Crippen molar-refractivity contribution in [2.24, 2.45) is 11.0 Å². The van der Waals surface area contributed by atoms with Gasteiger partial charge in [-0.05, 0) is 65.3 Å². The number of hydrazone groups is 1. The second-order valence-electron chi connectivity index (χ2n) is 7.54. The average molecular weight is 599 g/mol. The van der Waals surface area contributed by atoms with Crippen molar-refractivity contribution in [1.82, 2.24) is 10.7 Å². The number of nitrogens with zero attached hydrogens (tertiary/aromatic N) is 1. The summed E-state index contributed by atoms with van der Waals surface area (Å²) < 4.78 is 30.3. The zero-order chi connectivity index (χ0) is 26.0. The third-order valence-electron chi connectivity index (χ3n) is 4.63. The van der Waals surface area contributed by atoms with Crippen molar-refractivity contribution in [3.05, 3.63) is 56.9 Å². The van der Waals surface area contributed by atoms with Crippen LogP contribution in [0.5, 0.6) is 11.5 Å². The number of rotatable bonds is 11. The van der Waals surface area contributed by atoms with Crippen LogP contribution in [0.25, 0.3) is 0 Å². The number of carbonyl (C=O) groups excluding carboxylic acids is 3. The van der Waals surface area contributed by atoms with E-state index in [0.29, 0.717) is 20.6 Å². The molecule has 0 aromatic heterocycles. The highest BCUT2D eigenvalue weighted by Gasteiger charge is 2.25. The van der Waals surface area contributed by atoms with Crippen LogP contribution in [-0.2, 0) is 14.3 Å². The van der Waals surface area contributed by atoms with E-state index in [1.54, 1.807) is 32.9 Å². The molecule has 0 saturated heterocycles. The number of amides is 2. The molecule has 2 N–H and O–H groups in total. The van der Waals surface area contributed by atoms with Gasteiger partial charge in [-0.1, -0.05) is 26.0 Å². The van der Waals surface area contributed by atoms with Gasteiger partial charge in [-0.15, -0.1) is 0 Å². The van der Waals surface area contributed by atoms with Gasteiger partial charge in [0.25, 0.3) is 11.8 Å². The SMILES string of the molecule is CCOC(=O)COc1c(I)cc(/C=N/NC(=O)C(NC(=O)c2ccccc2F)C(C)C)cc1OC. The minimum atomic E-state index is -0.937. The van der Waals surface area contributed by atoms with E-state index in [1.807, 2.05) is 22.6 Å². The first-order valence-corrected chi connectivity index (χ1v) is 11.8. The Bertz CT molecular complexity index is 1090. The summed E-state index contributed by atoms with van der Waals surface area (Å²) in [5.41, 5.74) is 2.83. The van der Waals surface area contributed by atoms with Gasteiger partial charge in [0.15, 0.2) is 18.1 Å². The maximum Gasteiger partial charge on any atom is 0.344 e. The van der Waals surface area contributed by atoms with Gasteiger partial charge in [-0.25, -0.2) is 14.6 Å². The van der Waals surface area contributed by atoms with Crippen molar-refractivity contribution in [1.29, 1.82) is 0 Å². The van der Waals surface area contributed by atoms with Crippen LogP contribution in [-0.4, -0.2) is 50.4 Å². The van der Waals surface area contributed by atoms with Crippen LogP contribution >= 0.6 is 22.6 Å². The highest BCUT2D eigenvalue weighted by atomic mass is 127. The van der Waals surface area contributed by atoms with Gasteiger partial charge >= 0.3 is 5.97 Å². The van der Waals surface area contributed by atoms with Crippen molar-refractivity contribution < 1.29 is 33.0 Å². The Labute approximate surface area is 216 Å². The fourth-order valence-electron chi connectivity index (χ4n) is 2.93. The predicted molar refractivity (Wildman–Crippen MR) is 136 cm³/mol. The number of esters is 1. The van der Waals surface area contributed by atoms with Gasteiger partial charge in [0.2, 0.25) is 0 Å². The molecule has 0 fully saturated rings. The number of hydrogen-bond donors (Lipinski definition) is 2. The number of methoxy groups -OCH3 is 1. The molecule has 0 aliphatic rings. The molecule has 0 aliphatic heterocycles. The topological polar surface area (TPSA) is 115 Å². The Kier molecular flexibility index (Phi) is 10.9. The van der Waals surface area contributed by atoms with Crippen molar-refractivity contribution in [3.63, 3.8) is 0 Å². The molecule has 0 bridgehead atoms. The third kappa shape index (κ3) is 8.19. The Balaban J connectivity index is 2.08. The van der Waals surface area contributed by atoms with Crippen molar-refractivity contribution in [2.45, 2.75) is 26.8 Å². The van der Waals surface area contributed by atoms with Crippen molar-refractivity contribution in [2.75, 3.05) is 20.3 Å². The van der Waals surface area contributed by atoms with E-state index < -0.39 is 29.6 Å². The summed E-state index contributed by atoms with van der Waals surface area (Å²) in [6.07, 6.45) is 1.40. The molecular formula is C24H27FIN3O6. The molecule has 1 unspecified atom stereocenters. The molecule has 2 aromatic rings. The molecule has 2 rings (SSSR count). The molecule has 9 nitrogen and oxygen atoms in total. The van der Waals surface area contributed by atoms with Gasteiger partial charge in [0.1, 0.15) is 11.9 Å². The molecule has 0 heterocycles. The Morgan fingerprint density at radius 2 is 1.91 bits per heavy atom. The van der Waals surface area contributed by atoms with E-state index >= 15 is 0 Å². The van der Waals surface area contributed by atoms with Crippen LogP contribution in [0.2, 0.25) is 0 Å². The molecule has 0 saturated carbocycles. The quantitative estimate of drug-likeness (QED) is 0.177. The minimum absolute atomic E-state index is 0.151. The first kappa shape index (κ1) is 28.0. The molecule has 2 amide bonds. The zero-order valence-corrected chi connectivity index (χ0v) is 21.9. The summed E-state index contributed by atoms with van der Waals surface area (Å²) in [5, 5.41) is 6.51. The van der Waals surface area contributed by atoms with Crippen LogP contribution < -0.4 is 20.2 Å². The second-order valence-corrected chi connectivity index (χ2v) is 8.70. The van der Waals surface area contributed by atoms with E-state index in [1.165, 1.54) is 37.6 Å². The third-order valence-corrected chi connectivity index (χ3v) is 5.44. The Hall–Kier alpha value is -3.22. The number of ether oxygens (including phenoxy) is 3. The van der Waals surface area contributed by atoms with Crippen LogP contribution in [0.3, 0.4) is 0 Å². The van der Waals surface area contributed by atoms with Gasteiger partial charge in [-0.2, -0.15) is 5.10 Å². The standard InChI is InChI=1S/C24H27FIN3O6/c1-5-34-20(30)13-35-22-18(26)10-15(11-19(22)33-4)12-27-29-24(32)21(14(2)3)28-23(31)16-8-6-7-9-17(16)25/h6-12,14,21H,5,13H2,1-4H3,(H,28,31)(H,29,32)/b27-12+. The summed E-state index contributed by atoms with van der Waals surface area (Å²) >= 11 is 2.02. The first-order valence-electron chi connectivity index (χ1n) is 10.7. The number of nitrogens with one attached hydrogen (secondary N) is 2. The number of halogens is 2. The van der Waals surface area contributed by atoms with Crippen LogP contribution in [0, 0.1) is 15.3 Å². The monoisotopic (exact) mass is 599 g/mol. The van der Waals surface area contributed by atoms with Gasteiger partial charge in [-0.3, -0.25) is 9.59 Å². The summed E-state index contributed by atoms with van der Waals surface area (Å²) in [6.45, 7) is 5.19. The maximum atomic E-state index is 13.9. The van der Waals surface area contributed by atoms with Crippen molar-refractivity contribution >= 4 is 46.6 Å². The summed E-state index contributed by atoms with van der Waals surface area (Å²) in [6, 6.07) is 7.93. The molecule has 1 atom stereocenters. The molecule has 0 radical (unpaired) electrons. The molecule has 188 valence electrons. The normalized spacial score (nSPS) is 11.7. The van der Waals surface area contributed by atoms with Crippen LogP contribution in [0.1, 0.15) is 36.7 Å². The molecule has 11 heteroatoms. The number of hydrogen-bond acceptors (Lipinski definition) is 7. The average Bonchev–Trinajstić information content (AvgIpc) is 2.81. The lowest BCUT2D eigenvalue weighted by Crippen LogP contribution is -2.48. The Morgan fingerprint density at radius 1 is 1.20 bits per heavy atom. The minimum Gasteiger partial charge on any atom is -0.493 e. The van der Waals surface area contributed by atoms with Crippen LogP contribution in [0.15, 0.2) is 41.5 Å². The fraction of sp³-hybridized carbons (Fsp3) is 0.333. The van der Waals surface area contributed by atoms with Crippen LogP contribution in [0.4, 0.5) is 4.39 Å². The van der Waals surface area contributed by atoms with E-state index in [0.717, 1.165) is 0 Å². The lowest BCUT2D eigenvalue weighted by Gasteiger charge is -2.20. The van der Waals surface area contributed by atoms with E-state index in [9.17, 15) is 18.8 Å². The zero-order valence-electron chi connectivity index (χ0n) is 19.8. The number of carbonyl (C=O) groups is 3. The van der Waals surface area contributed by atoms with E-state index in [4.69, 9.17) is 14.2 Å². The lowest BCUT2D eigenvalue weighted by atomic mass is 10.0. The van der Waals surface area contributed by atoms with Crippen molar-refractivity contribution in [3.8, 4) is 11.5 Å². The Morgan fingerprint density at radius 3 is 2.54 bits per heavy atom. The first-order chi connectivity index (χ1) is 16.7. The maximum absolute atomic E-state index is 13.9. The molecule has 2 aromatic carbocycles. The highest BCUT2D eigenvalue weighted by molar-refractivity contribution is 14.1. The van der Waals surface area contributed by atoms with Gasteiger partial charge in [0, 0.05) is 0 Å². The highest BCUT2D eigenvalue weighted by Crippen LogP contribution is 2.33. The fourth-order valence-corrected chi connectivity index (χ4v) is 3.71. The predicted octanol–water partition coefficient (Wildman–Crippen LogP) is 3.29.